The molecule has 0 unspecified atom stereocenters. The predicted molar refractivity (Wildman–Crippen MR) is 118 cm³/mol. The van der Waals surface area contributed by atoms with E-state index in [1.165, 1.54) is 30.0 Å². The molecule has 0 bridgehead atoms. The summed E-state index contributed by atoms with van der Waals surface area (Å²) < 4.78 is 30.3. The molecule has 0 fully saturated rings. The van der Waals surface area contributed by atoms with Crippen molar-refractivity contribution in [1.82, 2.24) is 0 Å². The van der Waals surface area contributed by atoms with Gasteiger partial charge in [-0.05, 0) is 50.2 Å². The Balaban J connectivity index is 1.64. The van der Waals surface area contributed by atoms with Crippen LogP contribution in [0.1, 0.15) is 30.6 Å². The average Bonchev–Trinajstić information content (AvgIpc) is 2.73. The third-order valence-electron chi connectivity index (χ3n) is 4.50. The van der Waals surface area contributed by atoms with Crippen LogP contribution in [-0.2, 0) is 24.2 Å². The zero-order chi connectivity index (χ0) is 22.6. The predicted octanol–water partition coefficient (Wildman–Crippen LogP) is 3.10. The number of rotatable bonds is 7. The number of anilines is 2. The number of esters is 1. The first-order chi connectivity index (χ1) is 14.7. The first kappa shape index (κ1) is 22.8. The van der Waals surface area contributed by atoms with Gasteiger partial charge in [-0.3, -0.25) is 9.59 Å². The molecule has 0 aromatic heterocycles. The summed E-state index contributed by atoms with van der Waals surface area (Å²) in [6, 6.07) is 10.8. The summed E-state index contributed by atoms with van der Waals surface area (Å²) in [6.07, 6.45) is -0.263. The summed E-state index contributed by atoms with van der Waals surface area (Å²) in [7, 11) is -3.74. The molecule has 1 atom stereocenters. The Morgan fingerprint density at radius 3 is 2.71 bits per heavy atom. The second-order valence-electron chi connectivity index (χ2n) is 6.83. The summed E-state index contributed by atoms with van der Waals surface area (Å²) in [5.74, 6) is -1.59. The van der Waals surface area contributed by atoms with Gasteiger partial charge in [-0.15, -0.1) is 11.8 Å². The molecule has 2 N–H and O–H groups in total. The molecular formula is C21H22N2O6S2. The molecule has 0 spiro atoms. The Bertz CT molecular complexity index is 1130. The van der Waals surface area contributed by atoms with E-state index in [1.807, 2.05) is 0 Å². The minimum absolute atomic E-state index is 0.0406. The van der Waals surface area contributed by atoms with E-state index < -0.39 is 27.5 Å². The highest BCUT2D eigenvalue weighted by molar-refractivity contribution is 8.01. The van der Waals surface area contributed by atoms with Crippen LogP contribution in [0.2, 0.25) is 0 Å². The van der Waals surface area contributed by atoms with E-state index >= 15 is 0 Å². The number of carbonyl (C=O) groups is 3. The SMILES string of the molecule is CCOC(=O)c1cccc(NC(=O)CCS(=O)(=O)c2ccc3c(c2)NC(=O)[C@@H](C)S3)c1. The second-order valence-corrected chi connectivity index (χ2v) is 10.3. The second kappa shape index (κ2) is 9.52. The number of fused-ring (bicyclic) bond motifs is 1. The zero-order valence-corrected chi connectivity index (χ0v) is 18.6. The van der Waals surface area contributed by atoms with Gasteiger partial charge in [-0.1, -0.05) is 6.07 Å². The lowest BCUT2D eigenvalue weighted by molar-refractivity contribution is -0.116. The number of nitrogens with one attached hydrogen (secondary N) is 2. The van der Waals surface area contributed by atoms with E-state index in [9.17, 15) is 22.8 Å². The molecule has 2 amide bonds. The lowest BCUT2D eigenvalue weighted by Crippen LogP contribution is -2.26. The summed E-state index contributed by atoms with van der Waals surface area (Å²) in [5, 5.41) is 5.05. The molecule has 8 nitrogen and oxygen atoms in total. The highest BCUT2D eigenvalue weighted by atomic mass is 32.2. The van der Waals surface area contributed by atoms with Crippen molar-refractivity contribution in [3.63, 3.8) is 0 Å². The number of amides is 2. The summed E-state index contributed by atoms with van der Waals surface area (Å²) >= 11 is 1.36. The van der Waals surface area contributed by atoms with E-state index in [4.69, 9.17) is 4.74 Å². The molecular weight excluding hydrogens is 440 g/mol. The van der Waals surface area contributed by atoms with E-state index in [-0.39, 0.29) is 34.6 Å². The molecule has 164 valence electrons. The van der Waals surface area contributed by atoms with Crippen molar-refractivity contribution in [2.45, 2.75) is 35.3 Å². The average molecular weight is 463 g/mol. The van der Waals surface area contributed by atoms with Crippen LogP contribution in [0.3, 0.4) is 0 Å². The van der Waals surface area contributed by atoms with Crippen molar-refractivity contribution in [1.29, 1.82) is 0 Å². The van der Waals surface area contributed by atoms with Crippen LogP contribution in [0.25, 0.3) is 0 Å². The van der Waals surface area contributed by atoms with Gasteiger partial charge >= 0.3 is 5.97 Å². The molecule has 31 heavy (non-hydrogen) atoms. The standard InChI is InChI=1S/C21H22N2O6S2/c1-3-29-21(26)14-5-4-6-15(11-14)22-19(24)9-10-31(27,28)16-7-8-18-17(12-16)23-20(25)13(2)30-18/h4-8,11-13H,3,9-10H2,1-2H3,(H,22,24)(H,23,25)/t13-/m1/s1. The van der Waals surface area contributed by atoms with Crippen molar-refractivity contribution < 1.29 is 27.5 Å². The fraction of sp³-hybridized carbons (Fsp3) is 0.286. The minimum atomic E-state index is -3.74. The van der Waals surface area contributed by atoms with E-state index in [0.717, 1.165) is 4.90 Å². The Kier molecular flexibility index (Phi) is 7.01. The number of carbonyl (C=O) groups excluding carboxylic acids is 3. The molecule has 10 heteroatoms. The Labute approximate surface area is 184 Å². The van der Waals surface area contributed by atoms with Gasteiger partial charge in [0, 0.05) is 17.0 Å². The van der Waals surface area contributed by atoms with E-state index in [1.54, 1.807) is 38.1 Å². The van der Waals surface area contributed by atoms with Gasteiger partial charge in [0.25, 0.3) is 0 Å². The molecule has 0 saturated carbocycles. The van der Waals surface area contributed by atoms with Gasteiger partial charge in [0.05, 0.1) is 33.8 Å². The third kappa shape index (κ3) is 5.65. The summed E-state index contributed by atoms with van der Waals surface area (Å²) in [5.41, 5.74) is 1.11. The number of ether oxygens (including phenoxy) is 1. The van der Waals surface area contributed by atoms with Gasteiger partial charge in [0.15, 0.2) is 9.84 Å². The van der Waals surface area contributed by atoms with Crippen LogP contribution in [0.15, 0.2) is 52.3 Å². The number of hydrogen-bond donors (Lipinski definition) is 2. The van der Waals surface area contributed by atoms with Crippen molar-refractivity contribution >= 4 is 50.8 Å². The molecule has 1 aliphatic rings. The highest BCUT2D eigenvalue weighted by Crippen LogP contribution is 2.36. The number of hydrogen-bond acceptors (Lipinski definition) is 7. The highest BCUT2D eigenvalue weighted by Gasteiger charge is 2.25. The molecule has 0 radical (unpaired) electrons. The fourth-order valence-electron chi connectivity index (χ4n) is 2.89. The quantitative estimate of drug-likeness (QED) is 0.607. The van der Waals surface area contributed by atoms with Crippen molar-refractivity contribution in [2.75, 3.05) is 23.0 Å². The maximum absolute atomic E-state index is 12.7. The Morgan fingerprint density at radius 2 is 1.97 bits per heavy atom. The van der Waals surface area contributed by atoms with Crippen molar-refractivity contribution in [3.05, 3.63) is 48.0 Å². The lowest BCUT2D eigenvalue weighted by Gasteiger charge is -2.21. The van der Waals surface area contributed by atoms with Gasteiger partial charge < -0.3 is 15.4 Å². The minimum Gasteiger partial charge on any atom is -0.462 e. The van der Waals surface area contributed by atoms with E-state index in [2.05, 4.69) is 10.6 Å². The van der Waals surface area contributed by atoms with Crippen LogP contribution >= 0.6 is 11.8 Å². The number of thioether (sulfide) groups is 1. The first-order valence-electron chi connectivity index (χ1n) is 9.61. The molecule has 1 aliphatic heterocycles. The topological polar surface area (TPSA) is 119 Å². The maximum Gasteiger partial charge on any atom is 0.338 e. The summed E-state index contributed by atoms with van der Waals surface area (Å²) in [4.78, 5) is 36.7. The summed E-state index contributed by atoms with van der Waals surface area (Å²) in [6.45, 7) is 3.70. The normalized spacial score (nSPS) is 15.5. The van der Waals surface area contributed by atoms with Crippen LogP contribution in [0, 0.1) is 0 Å². The third-order valence-corrected chi connectivity index (χ3v) is 7.39. The zero-order valence-electron chi connectivity index (χ0n) is 17.0. The number of sulfone groups is 1. The molecule has 0 aliphatic carbocycles. The van der Waals surface area contributed by atoms with Gasteiger partial charge in [0.2, 0.25) is 11.8 Å². The van der Waals surface area contributed by atoms with Gasteiger partial charge in [-0.2, -0.15) is 0 Å². The fourth-order valence-corrected chi connectivity index (χ4v) is 5.08. The number of benzene rings is 2. The molecule has 0 saturated heterocycles. The monoisotopic (exact) mass is 462 g/mol. The largest absolute Gasteiger partial charge is 0.462 e. The van der Waals surface area contributed by atoms with Crippen molar-refractivity contribution in [2.24, 2.45) is 0 Å². The van der Waals surface area contributed by atoms with Crippen molar-refractivity contribution in [3.8, 4) is 0 Å². The molecule has 1 heterocycles. The van der Waals surface area contributed by atoms with Crippen LogP contribution < -0.4 is 10.6 Å². The van der Waals surface area contributed by atoms with Gasteiger partial charge in [-0.25, -0.2) is 13.2 Å². The Morgan fingerprint density at radius 1 is 1.19 bits per heavy atom. The lowest BCUT2D eigenvalue weighted by atomic mass is 10.2. The molecule has 3 rings (SSSR count). The van der Waals surface area contributed by atoms with Crippen LogP contribution in [0.4, 0.5) is 11.4 Å². The molecule has 2 aromatic rings. The Hall–Kier alpha value is -2.85. The van der Waals surface area contributed by atoms with Crippen LogP contribution in [-0.4, -0.2) is 43.8 Å². The smallest absolute Gasteiger partial charge is 0.338 e. The maximum atomic E-state index is 12.7. The first-order valence-corrected chi connectivity index (χ1v) is 12.1. The van der Waals surface area contributed by atoms with Crippen LogP contribution in [0.5, 0.6) is 0 Å². The van der Waals surface area contributed by atoms with Gasteiger partial charge in [0.1, 0.15) is 0 Å². The molecule has 2 aromatic carbocycles. The van der Waals surface area contributed by atoms with E-state index in [0.29, 0.717) is 11.4 Å².